The van der Waals surface area contributed by atoms with Crippen molar-refractivity contribution in [2.24, 2.45) is 4.99 Å². The molecule has 2 heterocycles. The first-order valence-corrected chi connectivity index (χ1v) is 10.1. The van der Waals surface area contributed by atoms with Crippen LogP contribution in [0.2, 0.25) is 5.02 Å². The quantitative estimate of drug-likeness (QED) is 0.261. The van der Waals surface area contributed by atoms with Gasteiger partial charge in [-0.3, -0.25) is 14.7 Å². The van der Waals surface area contributed by atoms with Gasteiger partial charge in [-0.05, 0) is 43.0 Å². The average Bonchev–Trinajstić information content (AvgIpc) is 3.10. The number of aromatic nitrogens is 1. The van der Waals surface area contributed by atoms with E-state index in [-0.39, 0.29) is 29.9 Å². The zero-order chi connectivity index (χ0) is 19.9. The fourth-order valence-electron chi connectivity index (χ4n) is 3.58. The number of hydrogen-bond acceptors (Lipinski definition) is 3. The van der Waals surface area contributed by atoms with E-state index >= 15 is 0 Å². The second kappa shape index (κ2) is 11.6. The number of guanidine groups is 1. The third-order valence-electron chi connectivity index (χ3n) is 5.21. The zero-order valence-electron chi connectivity index (χ0n) is 16.9. The van der Waals surface area contributed by atoms with Crippen molar-refractivity contribution in [1.82, 2.24) is 25.8 Å². The fourth-order valence-corrected chi connectivity index (χ4v) is 3.75. The summed E-state index contributed by atoms with van der Waals surface area (Å²) in [5.41, 5.74) is 2.34. The third kappa shape index (κ3) is 6.75. The van der Waals surface area contributed by atoms with Crippen LogP contribution < -0.4 is 16.0 Å². The van der Waals surface area contributed by atoms with Gasteiger partial charge in [-0.25, -0.2) is 0 Å². The molecule has 1 aromatic heterocycles. The van der Waals surface area contributed by atoms with Crippen molar-refractivity contribution in [1.29, 1.82) is 0 Å². The average molecular weight is 533 g/mol. The van der Waals surface area contributed by atoms with Gasteiger partial charge in [-0.15, -0.1) is 24.0 Å². The number of H-pyrrole nitrogens is 1. The van der Waals surface area contributed by atoms with E-state index in [1.165, 1.54) is 10.9 Å². The molecule has 29 heavy (non-hydrogen) atoms. The fraction of sp³-hybridized carbons (Fsp3) is 0.500. The molecule has 0 radical (unpaired) electrons. The number of carbonyl (C=O) groups excluding carboxylic acids is 1. The Balaban J connectivity index is 0.00000300. The van der Waals surface area contributed by atoms with Gasteiger partial charge in [0, 0.05) is 61.9 Å². The number of fused-ring (bicyclic) bond motifs is 1. The first-order valence-electron chi connectivity index (χ1n) is 9.74. The summed E-state index contributed by atoms with van der Waals surface area (Å²) in [5, 5.41) is 11.5. The number of aliphatic imine (C=N–C) groups is 1. The number of rotatable bonds is 6. The van der Waals surface area contributed by atoms with Gasteiger partial charge in [-0.2, -0.15) is 0 Å². The van der Waals surface area contributed by atoms with E-state index < -0.39 is 0 Å². The molecule has 160 valence electrons. The van der Waals surface area contributed by atoms with Gasteiger partial charge in [-0.1, -0.05) is 11.6 Å². The molecular weight excluding hydrogens is 503 g/mol. The van der Waals surface area contributed by atoms with Crippen molar-refractivity contribution in [2.75, 3.05) is 40.3 Å². The highest BCUT2D eigenvalue weighted by molar-refractivity contribution is 14.0. The molecule has 1 amide bonds. The smallest absolute Gasteiger partial charge is 0.233 e. The summed E-state index contributed by atoms with van der Waals surface area (Å²) in [6.45, 7) is 3.09. The molecule has 1 aliphatic rings. The number of hydrogen-bond donors (Lipinski definition) is 4. The Morgan fingerprint density at radius 3 is 2.79 bits per heavy atom. The number of piperidine rings is 1. The summed E-state index contributed by atoms with van der Waals surface area (Å²) in [5.74, 6) is 0.894. The van der Waals surface area contributed by atoms with Crippen LogP contribution in [0.3, 0.4) is 0 Å². The van der Waals surface area contributed by atoms with E-state index in [9.17, 15) is 4.79 Å². The predicted molar refractivity (Wildman–Crippen MR) is 130 cm³/mol. The Morgan fingerprint density at radius 2 is 2.10 bits per heavy atom. The Labute approximate surface area is 194 Å². The molecule has 9 heteroatoms. The van der Waals surface area contributed by atoms with Crippen LogP contribution in [0.15, 0.2) is 29.4 Å². The lowest BCUT2D eigenvalue weighted by Crippen LogP contribution is -2.50. The van der Waals surface area contributed by atoms with E-state index in [4.69, 9.17) is 11.6 Å². The maximum absolute atomic E-state index is 11.5. The van der Waals surface area contributed by atoms with Crippen molar-refractivity contribution in [2.45, 2.75) is 25.3 Å². The molecule has 3 rings (SSSR count). The summed E-state index contributed by atoms with van der Waals surface area (Å²) >= 11 is 6.13. The minimum atomic E-state index is 0. The lowest BCUT2D eigenvalue weighted by Gasteiger charge is -2.32. The molecule has 1 fully saturated rings. The molecule has 0 spiro atoms. The Bertz CT molecular complexity index is 831. The lowest BCUT2D eigenvalue weighted by molar-refractivity contribution is -0.122. The van der Waals surface area contributed by atoms with Gasteiger partial charge < -0.3 is 20.9 Å². The number of halogens is 2. The third-order valence-corrected chi connectivity index (χ3v) is 5.45. The molecule has 2 aromatic rings. The molecule has 1 saturated heterocycles. The van der Waals surface area contributed by atoms with E-state index in [0.29, 0.717) is 12.6 Å². The zero-order valence-corrected chi connectivity index (χ0v) is 20.0. The number of likely N-dealkylation sites (tertiary alicyclic amines) is 1. The topological polar surface area (TPSA) is 84.6 Å². The second-order valence-electron chi connectivity index (χ2n) is 7.12. The van der Waals surface area contributed by atoms with Crippen LogP contribution in [0, 0.1) is 0 Å². The monoisotopic (exact) mass is 532 g/mol. The predicted octanol–water partition coefficient (Wildman–Crippen LogP) is 2.36. The van der Waals surface area contributed by atoms with Crippen LogP contribution in [0.25, 0.3) is 10.9 Å². The highest BCUT2D eigenvalue weighted by atomic mass is 127. The van der Waals surface area contributed by atoms with E-state index in [1.807, 2.05) is 24.4 Å². The second-order valence-corrected chi connectivity index (χ2v) is 7.56. The maximum atomic E-state index is 11.5. The van der Waals surface area contributed by atoms with Crippen LogP contribution in [0.4, 0.5) is 0 Å². The van der Waals surface area contributed by atoms with Crippen LogP contribution in [-0.4, -0.2) is 68.1 Å². The number of amides is 1. The molecule has 0 aliphatic carbocycles. The summed E-state index contributed by atoms with van der Waals surface area (Å²) < 4.78 is 0. The summed E-state index contributed by atoms with van der Waals surface area (Å²) in [7, 11) is 3.47. The number of nitrogens with one attached hydrogen (secondary N) is 4. The Kier molecular flexibility index (Phi) is 9.51. The minimum Gasteiger partial charge on any atom is -0.361 e. The van der Waals surface area contributed by atoms with Gasteiger partial charge in [0.05, 0.1) is 6.54 Å². The highest BCUT2D eigenvalue weighted by Crippen LogP contribution is 2.22. The van der Waals surface area contributed by atoms with Gasteiger partial charge in [0.15, 0.2) is 5.96 Å². The first kappa shape index (κ1) is 23.8. The van der Waals surface area contributed by atoms with Crippen molar-refractivity contribution in [3.05, 3.63) is 35.0 Å². The van der Waals surface area contributed by atoms with Gasteiger partial charge in [0.2, 0.25) is 5.91 Å². The van der Waals surface area contributed by atoms with Crippen LogP contribution in [0.1, 0.15) is 18.4 Å². The number of aromatic amines is 1. The molecule has 0 saturated carbocycles. The SMILES string of the molecule is CN=C(NCCc1c[nH]c2ccc(Cl)cc12)NC1CCN(CC(=O)NC)CC1.I. The van der Waals surface area contributed by atoms with Gasteiger partial charge in [0.25, 0.3) is 0 Å². The molecule has 7 nitrogen and oxygen atoms in total. The maximum Gasteiger partial charge on any atom is 0.233 e. The molecule has 4 N–H and O–H groups in total. The van der Waals surface area contributed by atoms with Crippen LogP contribution >= 0.6 is 35.6 Å². The first-order chi connectivity index (χ1) is 13.6. The van der Waals surface area contributed by atoms with Gasteiger partial charge in [0.1, 0.15) is 0 Å². The molecule has 0 bridgehead atoms. The molecule has 0 atom stereocenters. The van der Waals surface area contributed by atoms with E-state index in [0.717, 1.165) is 55.4 Å². The number of likely N-dealkylation sites (N-methyl/N-ethyl adjacent to an activating group) is 1. The Morgan fingerprint density at radius 1 is 1.34 bits per heavy atom. The molecule has 0 unspecified atom stereocenters. The lowest BCUT2D eigenvalue weighted by atomic mass is 10.1. The van der Waals surface area contributed by atoms with Crippen molar-refractivity contribution < 1.29 is 4.79 Å². The summed E-state index contributed by atoms with van der Waals surface area (Å²) in [6.07, 6.45) is 4.92. The summed E-state index contributed by atoms with van der Waals surface area (Å²) in [4.78, 5) is 21.3. The van der Waals surface area contributed by atoms with Crippen molar-refractivity contribution in [3.8, 4) is 0 Å². The number of nitrogens with zero attached hydrogens (tertiary/aromatic N) is 2. The normalized spacial score (nSPS) is 15.8. The van der Waals surface area contributed by atoms with Gasteiger partial charge >= 0.3 is 0 Å². The summed E-state index contributed by atoms with van der Waals surface area (Å²) in [6, 6.07) is 6.28. The highest BCUT2D eigenvalue weighted by Gasteiger charge is 2.21. The molecule has 1 aliphatic heterocycles. The van der Waals surface area contributed by atoms with E-state index in [2.05, 4.69) is 30.8 Å². The molecular formula is C20H30ClIN6O. The van der Waals surface area contributed by atoms with E-state index in [1.54, 1.807) is 14.1 Å². The largest absolute Gasteiger partial charge is 0.361 e. The number of carbonyl (C=O) groups is 1. The minimum absolute atomic E-state index is 0. The van der Waals surface area contributed by atoms with Crippen LogP contribution in [-0.2, 0) is 11.2 Å². The number of benzene rings is 1. The van der Waals surface area contributed by atoms with Crippen LogP contribution in [0.5, 0.6) is 0 Å². The Hall–Kier alpha value is -1.52. The standard InChI is InChI=1S/C20H29ClN6O.HI/c1-22-19(28)13-27-9-6-16(7-10-27)26-20(23-2)24-8-5-14-12-25-18-4-3-15(21)11-17(14)18;/h3-4,11-12,16,25H,5-10,13H2,1-2H3,(H,22,28)(H2,23,24,26);1H. The molecule has 1 aromatic carbocycles. The van der Waals surface area contributed by atoms with Crippen molar-refractivity contribution >= 4 is 58.3 Å². The van der Waals surface area contributed by atoms with Crippen molar-refractivity contribution in [3.63, 3.8) is 0 Å².